The molecule has 0 aliphatic rings. The van der Waals surface area contributed by atoms with Crippen molar-refractivity contribution in [1.82, 2.24) is 5.32 Å². The molecular weight excluding hydrogens is 586 g/mol. The highest BCUT2D eigenvalue weighted by molar-refractivity contribution is 6.99. The molecule has 1 amide bonds. The Bertz CT molecular complexity index is 997. The van der Waals surface area contributed by atoms with E-state index >= 15 is 0 Å². The van der Waals surface area contributed by atoms with Crippen molar-refractivity contribution in [3.8, 4) is 0 Å². The number of hydrogen-bond acceptors (Lipinski definition) is 9. The van der Waals surface area contributed by atoms with Crippen molar-refractivity contribution in [2.45, 2.75) is 25.8 Å². The molecule has 2 rings (SSSR count). The van der Waals surface area contributed by atoms with Gasteiger partial charge >= 0.3 is 5.97 Å². The van der Waals surface area contributed by atoms with Gasteiger partial charge in [0.15, 0.2) is 0 Å². The van der Waals surface area contributed by atoms with Crippen LogP contribution in [-0.2, 0) is 42.4 Å². The van der Waals surface area contributed by atoms with Crippen LogP contribution in [0.3, 0.4) is 0 Å². The third kappa shape index (κ3) is 14.4. The second-order valence-electron chi connectivity index (χ2n) is 10.8. The van der Waals surface area contributed by atoms with Gasteiger partial charge in [0.1, 0.15) is 13.2 Å². The fourth-order valence-electron chi connectivity index (χ4n) is 4.54. The van der Waals surface area contributed by atoms with Crippen LogP contribution in [0.2, 0.25) is 5.04 Å². The number of amides is 1. The molecule has 0 aliphatic heterocycles. The molecule has 0 heterocycles. The molecule has 0 saturated heterocycles. The molecular formula is C32H49NO10Si. The van der Waals surface area contributed by atoms with E-state index in [1.807, 2.05) is 12.1 Å². The smallest absolute Gasteiger partial charge is 0.329 e. The van der Waals surface area contributed by atoms with Crippen LogP contribution in [0.1, 0.15) is 20.8 Å². The molecule has 0 bridgehead atoms. The van der Waals surface area contributed by atoms with Crippen molar-refractivity contribution in [1.29, 1.82) is 0 Å². The molecule has 0 saturated carbocycles. The Hall–Kier alpha value is -2.68. The van der Waals surface area contributed by atoms with E-state index in [-0.39, 0.29) is 11.6 Å². The second-order valence-corrected chi connectivity index (χ2v) is 15.1. The summed E-state index contributed by atoms with van der Waals surface area (Å²) >= 11 is 0. The highest BCUT2D eigenvalue weighted by Crippen LogP contribution is 2.36. The molecule has 0 aliphatic carbocycles. The Morgan fingerprint density at radius 2 is 1.02 bits per heavy atom. The van der Waals surface area contributed by atoms with Crippen molar-refractivity contribution in [2.24, 2.45) is 0 Å². The zero-order valence-electron chi connectivity index (χ0n) is 26.3. The van der Waals surface area contributed by atoms with Crippen molar-refractivity contribution >= 4 is 30.6 Å². The number of aliphatic carboxylic acids is 1. The molecule has 12 heteroatoms. The number of nitrogens with one attached hydrogen (secondary N) is 1. The van der Waals surface area contributed by atoms with E-state index in [0.717, 1.165) is 0 Å². The van der Waals surface area contributed by atoms with Gasteiger partial charge in [-0.25, -0.2) is 4.79 Å². The third-order valence-electron chi connectivity index (χ3n) is 6.48. The van der Waals surface area contributed by atoms with Gasteiger partial charge in [0.25, 0.3) is 8.32 Å². The topological polar surface area (TPSA) is 131 Å². The molecule has 44 heavy (non-hydrogen) atoms. The second kappa shape index (κ2) is 21.9. The fourth-order valence-corrected chi connectivity index (χ4v) is 9.09. The standard InChI is InChI=1S/C32H49NO10Si/c1-32(2,3)44(28-10-6-4-7-11-28,29-12-8-5-9-13-29)43-25-24-41-23-22-40-21-20-39-19-18-38-17-16-37-15-14-33-30(34)26-42-27-31(35)36/h4-13H,14-27H2,1-3H3,(H,33,34)(H,35,36). The maximum Gasteiger partial charge on any atom is 0.329 e. The lowest BCUT2D eigenvalue weighted by Gasteiger charge is -2.43. The van der Waals surface area contributed by atoms with Gasteiger partial charge in [0, 0.05) is 6.54 Å². The summed E-state index contributed by atoms with van der Waals surface area (Å²) in [6.07, 6.45) is 0. The van der Waals surface area contributed by atoms with Crippen LogP contribution in [0.15, 0.2) is 60.7 Å². The van der Waals surface area contributed by atoms with E-state index in [4.69, 9.17) is 33.2 Å². The first-order valence-corrected chi connectivity index (χ1v) is 16.9. The predicted octanol–water partition coefficient (Wildman–Crippen LogP) is 1.86. The number of hydrogen-bond donors (Lipinski definition) is 2. The first kappa shape index (κ1) is 37.5. The summed E-state index contributed by atoms with van der Waals surface area (Å²) in [7, 11) is -2.55. The van der Waals surface area contributed by atoms with Crippen molar-refractivity contribution in [2.75, 3.05) is 92.4 Å². The molecule has 0 spiro atoms. The number of carboxylic acid groups (broad SMARTS) is 1. The highest BCUT2D eigenvalue weighted by Gasteiger charge is 2.49. The van der Waals surface area contributed by atoms with E-state index in [2.05, 4.69) is 79.4 Å². The maximum absolute atomic E-state index is 11.4. The summed E-state index contributed by atoms with van der Waals surface area (Å²) in [6.45, 7) is 11.2. The average molecular weight is 636 g/mol. The van der Waals surface area contributed by atoms with Gasteiger partial charge in [-0.05, 0) is 15.4 Å². The van der Waals surface area contributed by atoms with Crippen molar-refractivity contribution < 1.29 is 47.5 Å². The number of carbonyl (C=O) groups excluding carboxylic acids is 1. The van der Waals surface area contributed by atoms with Gasteiger partial charge in [0.2, 0.25) is 5.91 Å². The van der Waals surface area contributed by atoms with Gasteiger partial charge in [-0.2, -0.15) is 0 Å². The summed E-state index contributed by atoms with van der Waals surface area (Å²) in [5.41, 5.74) is 0. The normalized spacial score (nSPS) is 11.9. The summed E-state index contributed by atoms with van der Waals surface area (Å²) in [5, 5.41) is 13.4. The number of carboxylic acids is 1. The predicted molar refractivity (Wildman–Crippen MR) is 169 cm³/mol. The number of rotatable bonds is 25. The molecule has 0 fully saturated rings. The number of benzene rings is 2. The summed E-state index contributed by atoms with van der Waals surface area (Å²) in [4.78, 5) is 21.7. The lowest BCUT2D eigenvalue weighted by Crippen LogP contribution is -2.66. The highest BCUT2D eigenvalue weighted by atomic mass is 28.4. The quantitative estimate of drug-likeness (QED) is 0.123. The van der Waals surface area contributed by atoms with Crippen molar-refractivity contribution in [3.63, 3.8) is 0 Å². The Kier molecular flexibility index (Phi) is 18.7. The van der Waals surface area contributed by atoms with Gasteiger partial charge in [0.05, 0.1) is 72.7 Å². The van der Waals surface area contributed by atoms with Crippen molar-refractivity contribution in [3.05, 3.63) is 60.7 Å². The lowest BCUT2D eigenvalue weighted by atomic mass is 10.2. The fraction of sp³-hybridized carbons (Fsp3) is 0.562. The molecule has 0 radical (unpaired) electrons. The summed E-state index contributed by atoms with van der Waals surface area (Å²) in [6, 6.07) is 21.1. The molecule has 0 aromatic heterocycles. The molecule has 0 unspecified atom stereocenters. The Balaban J connectivity index is 1.47. The Morgan fingerprint density at radius 1 is 0.614 bits per heavy atom. The van der Waals surface area contributed by atoms with Crippen LogP contribution >= 0.6 is 0 Å². The molecule has 2 aromatic carbocycles. The minimum Gasteiger partial charge on any atom is -0.480 e. The zero-order chi connectivity index (χ0) is 31.9. The van der Waals surface area contributed by atoms with E-state index in [1.165, 1.54) is 10.4 Å². The average Bonchev–Trinajstić information content (AvgIpc) is 3.00. The van der Waals surface area contributed by atoms with E-state index in [1.54, 1.807) is 0 Å². The van der Waals surface area contributed by atoms with E-state index in [9.17, 15) is 9.59 Å². The third-order valence-corrected chi connectivity index (χ3v) is 11.5. The molecule has 2 N–H and O–H groups in total. The molecule has 246 valence electrons. The molecule has 11 nitrogen and oxygen atoms in total. The summed E-state index contributed by atoms with van der Waals surface area (Å²) in [5.74, 6) is -1.51. The zero-order valence-corrected chi connectivity index (χ0v) is 27.3. The molecule has 2 aromatic rings. The number of ether oxygens (including phenoxy) is 6. The SMILES string of the molecule is CC(C)(C)[Si](OCCOCCOCCOCCOCCOCCNC(=O)COCC(=O)O)(c1ccccc1)c1ccccc1. The molecule has 0 atom stereocenters. The van der Waals surface area contributed by atoms with E-state index in [0.29, 0.717) is 79.2 Å². The monoisotopic (exact) mass is 635 g/mol. The van der Waals surface area contributed by atoms with Crippen LogP contribution in [0.25, 0.3) is 0 Å². The first-order chi connectivity index (χ1) is 21.3. The maximum atomic E-state index is 11.4. The van der Waals surface area contributed by atoms with Gasteiger partial charge < -0.3 is 43.3 Å². The van der Waals surface area contributed by atoms with Crippen LogP contribution in [0.5, 0.6) is 0 Å². The Labute approximate surface area is 262 Å². The van der Waals surface area contributed by atoms with Gasteiger partial charge in [-0.3, -0.25) is 4.79 Å². The minimum absolute atomic E-state index is 0.0677. The number of carbonyl (C=O) groups is 2. The largest absolute Gasteiger partial charge is 0.480 e. The van der Waals surface area contributed by atoms with Crippen LogP contribution in [-0.4, -0.2) is 118 Å². The summed E-state index contributed by atoms with van der Waals surface area (Å²) < 4.78 is 39.2. The lowest BCUT2D eigenvalue weighted by molar-refractivity contribution is -0.143. The van der Waals surface area contributed by atoms with Crippen LogP contribution in [0.4, 0.5) is 0 Å². The van der Waals surface area contributed by atoms with Crippen LogP contribution in [0, 0.1) is 0 Å². The van der Waals surface area contributed by atoms with Crippen LogP contribution < -0.4 is 15.7 Å². The van der Waals surface area contributed by atoms with Gasteiger partial charge in [-0.1, -0.05) is 81.4 Å². The minimum atomic E-state index is -2.55. The first-order valence-electron chi connectivity index (χ1n) is 15.0. The Morgan fingerprint density at radius 3 is 1.43 bits per heavy atom. The van der Waals surface area contributed by atoms with E-state index < -0.39 is 26.8 Å². The van der Waals surface area contributed by atoms with Gasteiger partial charge in [-0.15, -0.1) is 0 Å².